The Labute approximate surface area is 185 Å². The van der Waals surface area contributed by atoms with Crippen LogP contribution in [0.2, 0.25) is 0 Å². The fourth-order valence-corrected chi connectivity index (χ4v) is 3.41. The molecule has 1 saturated heterocycles. The van der Waals surface area contributed by atoms with Gasteiger partial charge in [0.05, 0.1) is 12.7 Å². The standard InChI is InChI=1S/C21H31N5O.HI/c1-4-11-26-12-9-18(10-13-26)25-21(22-3)24-15-20-23-14-19(27-20)17-7-5-16(2)6-8-17;/h5-8,14,18H,4,9-13,15H2,1-3H3,(H2,22,24,25);1H. The van der Waals surface area contributed by atoms with Crippen LogP contribution in [0.25, 0.3) is 11.3 Å². The van der Waals surface area contributed by atoms with Gasteiger partial charge in [-0.05, 0) is 32.7 Å². The van der Waals surface area contributed by atoms with E-state index in [1.165, 1.54) is 18.5 Å². The Morgan fingerprint density at radius 1 is 1.25 bits per heavy atom. The maximum atomic E-state index is 5.87. The highest BCUT2D eigenvalue weighted by Gasteiger charge is 2.19. The lowest BCUT2D eigenvalue weighted by atomic mass is 10.1. The van der Waals surface area contributed by atoms with Crippen LogP contribution in [0.15, 0.2) is 39.9 Å². The number of aromatic nitrogens is 1. The molecule has 0 radical (unpaired) electrons. The molecule has 1 fully saturated rings. The van der Waals surface area contributed by atoms with Crippen molar-refractivity contribution in [1.29, 1.82) is 0 Å². The smallest absolute Gasteiger partial charge is 0.214 e. The molecule has 6 nitrogen and oxygen atoms in total. The summed E-state index contributed by atoms with van der Waals surface area (Å²) in [5.41, 5.74) is 2.27. The topological polar surface area (TPSA) is 65.7 Å². The van der Waals surface area contributed by atoms with Gasteiger partial charge in [0.15, 0.2) is 11.7 Å². The highest BCUT2D eigenvalue weighted by molar-refractivity contribution is 14.0. The van der Waals surface area contributed by atoms with E-state index >= 15 is 0 Å². The van der Waals surface area contributed by atoms with Crippen LogP contribution in [-0.4, -0.2) is 48.6 Å². The van der Waals surface area contributed by atoms with Gasteiger partial charge >= 0.3 is 0 Å². The molecule has 2 aromatic rings. The van der Waals surface area contributed by atoms with Gasteiger partial charge in [-0.15, -0.1) is 24.0 Å². The molecular weight excluding hydrogens is 465 g/mol. The Morgan fingerprint density at radius 3 is 2.61 bits per heavy atom. The zero-order valence-electron chi connectivity index (χ0n) is 17.1. The van der Waals surface area contributed by atoms with Gasteiger partial charge in [-0.3, -0.25) is 4.99 Å². The van der Waals surface area contributed by atoms with Gasteiger partial charge in [-0.25, -0.2) is 4.98 Å². The number of aryl methyl sites for hydroxylation is 1. The largest absolute Gasteiger partial charge is 0.439 e. The van der Waals surface area contributed by atoms with E-state index in [4.69, 9.17) is 4.42 Å². The number of piperidine rings is 1. The molecule has 154 valence electrons. The van der Waals surface area contributed by atoms with Crippen molar-refractivity contribution in [2.24, 2.45) is 4.99 Å². The average Bonchev–Trinajstić information content (AvgIpc) is 3.16. The average molecular weight is 497 g/mol. The fraction of sp³-hybridized carbons (Fsp3) is 0.524. The summed E-state index contributed by atoms with van der Waals surface area (Å²) in [6.45, 7) is 8.34. The lowest BCUT2D eigenvalue weighted by molar-refractivity contribution is 0.206. The monoisotopic (exact) mass is 497 g/mol. The summed E-state index contributed by atoms with van der Waals surface area (Å²) in [4.78, 5) is 11.3. The fourth-order valence-electron chi connectivity index (χ4n) is 3.41. The predicted molar refractivity (Wildman–Crippen MR) is 125 cm³/mol. The summed E-state index contributed by atoms with van der Waals surface area (Å²) >= 11 is 0. The van der Waals surface area contributed by atoms with E-state index in [0.29, 0.717) is 18.5 Å². The van der Waals surface area contributed by atoms with Gasteiger partial charge < -0.3 is 20.0 Å². The number of nitrogens with zero attached hydrogens (tertiary/aromatic N) is 3. The van der Waals surface area contributed by atoms with Crippen molar-refractivity contribution < 1.29 is 4.42 Å². The van der Waals surface area contributed by atoms with Crippen molar-refractivity contribution in [3.8, 4) is 11.3 Å². The third-order valence-electron chi connectivity index (χ3n) is 4.99. The third-order valence-corrected chi connectivity index (χ3v) is 4.99. The highest BCUT2D eigenvalue weighted by Crippen LogP contribution is 2.20. The Balaban J connectivity index is 0.00000280. The lowest BCUT2D eigenvalue weighted by Gasteiger charge is -2.32. The predicted octanol–water partition coefficient (Wildman–Crippen LogP) is 3.81. The first kappa shape index (κ1) is 22.7. The normalized spacial score (nSPS) is 15.9. The number of oxazole rings is 1. The molecule has 0 saturated carbocycles. The first-order valence-corrected chi connectivity index (χ1v) is 9.89. The number of likely N-dealkylation sites (tertiary alicyclic amines) is 1. The molecule has 0 spiro atoms. The molecule has 1 aromatic carbocycles. The number of benzene rings is 1. The highest BCUT2D eigenvalue weighted by atomic mass is 127. The summed E-state index contributed by atoms with van der Waals surface area (Å²) in [5, 5.41) is 6.84. The number of hydrogen-bond acceptors (Lipinski definition) is 4. The molecule has 7 heteroatoms. The Bertz CT molecular complexity index is 736. The molecule has 1 aliphatic heterocycles. The van der Waals surface area contributed by atoms with Gasteiger partial charge in [0.25, 0.3) is 0 Å². The van der Waals surface area contributed by atoms with Crippen molar-refractivity contribution in [3.05, 3.63) is 41.9 Å². The van der Waals surface area contributed by atoms with Crippen LogP contribution in [-0.2, 0) is 6.54 Å². The summed E-state index contributed by atoms with van der Waals surface area (Å²) in [6.07, 6.45) is 5.30. The summed E-state index contributed by atoms with van der Waals surface area (Å²) in [7, 11) is 1.80. The van der Waals surface area contributed by atoms with E-state index in [2.05, 4.69) is 63.6 Å². The van der Waals surface area contributed by atoms with Crippen LogP contribution in [0.4, 0.5) is 0 Å². The molecule has 1 aromatic heterocycles. The van der Waals surface area contributed by atoms with Crippen LogP contribution < -0.4 is 10.6 Å². The first-order valence-electron chi connectivity index (χ1n) is 9.89. The molecule has 0 atom stereocenters. The van der Waals surface area contributed by atoms with E-state index < -0.39 is 0 Å². The second kappa shape index (κ2) is 11.4. The molecule has 0 aliphatic carbocycles. The maximum absolute atomic E-state index is 5.87. The van der Waals surface area contributed by atoms with Crippen LogP contribution in [0.3, 0.4) is 0 Å². The number of nitrogens with one attached hydrogen (secondary N) is 2. The first-order chi connectivity index (χ1) is 13.2. The molecule has 0 bridgehead atoms. The number of rotatable bonds is 6. The van der Waals surface area contributed by atoms with Gasteiger partial charge in [0.1, 0.15) is 0 Å². The third kappa shape index (κ3) is 6.48. The van der Waals surface area contributed by atoms with Gasteiger partial charge in [0, 0.05) is 31.7 Å². The SMILES string of the molecule is CCCN1CCC(NC(=NC)NCc2ncc(-c3ccc(C)cc3)o2)CC1.I. The molecular formula is C21H32IN5O. The van der Waals surface area contributed by atoms with Crippen molar-refractivity contribution in [2.45, 2.75) is 45.7 Å². The Kier molecular flexibility index (Phi) is 9.24. The Morgan fingerprint density at radius 2 is 1.96 bits per heavy atom. The van der Waals surface area contributed by atoms with Gasteiger partial charge in [0.2, 0.25) is 5.89 Å². The zero-order chi connectivity index (χ0) is 19.1. The van der Waals surface area contributed by atoms with Crippen molar-refractivity contribution >= 4 is 29.9 Å². The number of aliphatic imine (C=N–C) groups is 1. The van der Waals surface area contributed by atoms with Crippen molar-refractivity contribution in [2.75, 3.05) is 26.7 Å². The van der Waals surface area contributed by atoms with E-state index in [-0.39, 0.29) is 24.0 Å². The van der Waals surface area contributed by atoms with Crippen LogP contribution in [0, 0.1) is 6.92 Å². The quantitative estimate of drug-likeness (QED) is 0.361. The zero-order valence-corrected chi connectivity index (χ0v) is 19.4. The van der Waals surface area contributed by atoms with E-state index in [9.17, 15) is 0 Å². The van der Waals surface area contributed by atoms with Crippen LogP contribution >= 0.6 is 24.0 Å². The minimum atomic E-state index is 0. The second-order valence-corrected chi connectivity index (χ2v) is 7.17. The summed E-state index contributed by atoms with van der Waals surface area (Å²) in [5.74, 6) is 2.25. The number of guanidine groups is 1. The molecule has 2 heterocycles. The van der Waals surface area contributed by atoms with Crippen LogP contribution in [0.5, 0.6) is 0 Å². The summed E-state index contributed by atoms with van der Waals surface area (Å²) < 4.78 is 5.87. The molecule has 1 aliphatic rings. The van der Waals surface area contributed by atoms with E-state index in [1.807, 2.05) is 0 Å². The maximum Gasteiger partial charge on any atom is 0.214 e. The second-order valence-electron chi connectivity index (χ2n) is 7.17. The minimum Gasteiger partial charge on any atom is -0.439 e. The molecule has 0 unspecified atom stereocenters. The number of halogens is 1. The Hall–Kier alpha value is -1.61. The van der Waals surface area contributed by atoms with Crippen molar-refractivity contribution in [1.82, 2.24) is 20.5 Å². The van der Waals surface area contributed by atoms with Gasteiger partial charge in [-0.2, -0.15) is 0 Å². The molecule has 0 amide bonds. The summed E-state index contributed by atoms with van der Waals surface area (Å²) in [6, 6.07) is 8.73. The van der Waals surface area contributed by atoms with Crippen molar-refractivity contribution in [3.63, 3.8) is 0 Å². The number of hydrogen-bond donors (Lipinski definition) is 2. The molecule has 2 N–H and O–H groups in total. The molecule has 3 rings (SSSR count). The lowest BCUT2D eigenvalue weighted by Crippen LogP contribution is -2.48. The molecule has 28 heavy (non-hydrogen) atoms. The van der Waals surface area contributed by atoms with E-state index in [1.54, 1.807) is 13.2 Å². The van der Waals surface area contributed by atoms with E-state index in [0.717, 1.165) is 43.2 Å². The van der Waals surface area contributed by atoms with Gasteiger partial charge in [-0.1, -0.05) is 36.8 Å². The minimum absolute atomic E-state index is 0. The van der Waals surface area contributed by atoms with Crippen LogP contribution in [0.1, 0.15) is 37.6 Å².